The third-order valence-electron chi connectivity index (χ3n) is 9.56. The molecule has 3 heterocycles. The third kappa shape index (κ3) is 7.96. The van der Waals surface area contributed by atoms with Crippen molar-refractivity contribution in [3.05, 3.63) is 48.2 Å². The van der Waals surface area contributed by atoms with Crippen LogP contribution in [0.25, 0.3) is 10.8 Å². The van der Waals surface area contributed by atoms with Crippen LogP contribution in [0.4, 0.5) is 0 Å². The van der Waals surface area contributed by atoms with Gasteiger partial charge < -0.3 is 38.4 Å². The van der Waals surface area contributed by atoms with Crippen LogP contribution in [-0.4, -0.2) is 115 Å². The molecule has 11 nitrogen and oxygen atoms in total. The van der Waals surface area contributed by atoms with E-state index >= 15 is 0 Å². The number of likely N-dealkylation sites (tertiary alicyclic amines) is 1. The van der Waals surface area contributed by atoms with Gasteiger partial charge in [0.2, 0.25) is 18.4 Å². The maximum absolute atomic E-state index is 14.0. The standard InChI is InChI=1S/C36H50N4O7/c1-6-7-15-37(16-10-11-18-40(2,3)4)32(41)23-39-22-28(26-19-30(45-5)34-31(20-26)46-24-47-34)33(36(43)44)29(39)14-17-38-21-25-12-8-9-13-27(25)35(38)42/h8-9,12-13,19-21,28-29,33H,6-7,10-11,14-18,22-24H2,1-5H3,(H-,42,43,44)/p+1/t28-,29+,33-/m1/s1. The first-order valence-corrected chi connectivity index (χ1v) is 16.8. The van der Waals surface area contributed by atoms with Crippen molar-refractivity contribution < 1.29 is 38.5 Å². The Kier molecular flexibility index (Phi) is 10.9. The molecular formula is C36H51N4O7+. The number of carboxylic acid groups (broad SMARTS) is 1. The number of amides is 1. The summed E-state index contributed by atoms with van der Waals surface area (Å²) in [5.41, 5.74) is 0.774. The van der Waals surface area contributed by atoms with E-state index < -0.39 is 23.8 Å². The molecule has 11 heteroatoms. The van der Waals surface area contributed by atoms with Crippen molar-refractivity contribution in [2.75, 3.05) is 67.8 Å². The number of unbranched alkanes of at least 4 members (excludes halogenated alkanes) is 2. The molecule has 0 unspecified atom stereocenters. The van der Waals surface area contributed by atoms with Gasteiger partial charge in [0.25, 0.3) is 0 Å². The Bertz CT molecular complexity index is 1550. The van der Waals surface area contributed by atoms with E-state index in [0.717, 1.165) is 53.0 Å². The molecule has 3 aromatic rings. The van der Waals surface area contributed by atoms with Gasteiger partial charge in [0.1, 0.15) is 0 Å². The summed E-state index contributed by atoms with van der Waals surface area (Å²) in [6, 6.07) is 10.9. The van der Waals surface area contributed by atoms with Crippen molar-refractivity contribution in [3.63, 3.8) is 0 Å². The van der Waals surface area contributed by atoms with Crippen LogP contribution in [0.1, 0.15) is 50.5 Å². The van der Waals surface area contributed by atoms with E-state index in [9.17, 15) is 19.8 Å². The number of carbonyl (C=O) groups excluding carboxylic acids is 1. The zero-order valence-corrected chi connectivity index (χ0v) is 28.5. The third-order valence-corrected chi connectivity index (χ3v) is 9.56. The van der Waals surface area contributed by atoms with Crippen LogP contribution < -0.4 is 14.2 Å². The van der Waals surface area contributed by atoms with Gasteiger partial charge in [0.15, 0.2) is 17.4 Å². The number of aromatic hydroxyl groups is 1. The highest BCUT2D eigenvalue weighted by Crippen LogP contribution is 2.47. The van der Waals surface area contributed by atoms with Crippen LogP contribution in [-0.2, 0) is 16.1 Å². The normalized spacial score (nSPS) is 19.4. The van der Waals surface area contributed by atoms with Gasteiger partial charge in [-0.1, -0.05) is 31.5 Å². The number of hydrogen-bond donors (Lipinski definition) is 2. The molecule has 0 radical (unpaired) electrons. The molecule has 0 bridgehead atoms. The summed E-state index contributed by atoms with van der Waals surface area (Å²) in [7, 11) is 8.08. The van der Waals surface area contributed by atoms with E-state index in [1.54, 1.807) is 11.7 Å². The van der Waals surface area contributed by atoms with Gasteiger partial charge in [-0.25, -0.2) is 0 Å². The van der Waals surface area contributed by atoms with Crippen molar-refractivity contribution in [2.45, 2.75) is 57.5 Å². The smallest absolute Gasteiger partial charge is 0.308 e. The number of hydrogen-bond acceptors (Lipinski definition) is 7. The summed E-state index contributed by atoms with van der Waals surface area (Å²) in [4.78, 5) is 31.1. The number of fused-ring (bicyclic) bond motifs is 2. The second-order valence-corrected chi connectivity index (χ2v) is 13.9. The predicted octanol–water partition coefficient (Wildman–Crippen LogP) is 4.76. The fourth-order valence-corrected chi connectivity index (χ4v) is 7.07. The van der Waals surface area contributed by atoms with Crippen molar-refractivity contribution in [3.8, 4) is 23.1 Å². The van der Waals surface area contributed by atoms with Gasteiger partial charge in [-0.2, -0.15) is 0 Å². The Balaban J connectivity index is 1.42. The number of carboxylic acids is 1. The number of nitrogens with zero attached hydrogens (tertiary/aromatic N) is 4. The monoisotopic (exact) mass is 651 g/mol. The maximum Gasteiger partial charge on any atom is 0.308 e. The fourth-order valence-electron chi connectivity index (χ4n) is 7.07. The Morgan fingerprint density at radius 2 is 1.85 bits per heavy atom. The van der Waals surface area contributed by atoms with Crippen molar-refractivity contribution in [2.24, 2.45) is 5.92 Å². The average molecular weight is 652 g/mol. The van der Waals surface area contributed by atoms with E-state index in [0.29, 0.717) is 49.8 Å². The fraction of sp³-hybridized carbons (Fsp3) is 0.556. The number of quaternary nitrogens is 1. The topological polar surface area (TPSA) is 114 Å². The molecule has 2 N–H and O–H groups in total. The minimum atomic E-state index is -0.920. The number of aryl methyl sites for hydroxylation is 1. The second-order valence-electron chi connectivity index (χ2n) is 13.9. The largest absolute Gasteiger partial charge is 0.494 e. The molecule has 0 saturated carbocycles. The lowest BCUT2D eigenvalue weighted by atomic mass is 9.84. The van der Waals surface area contributed by atoms with Crippen LogP contribution >= 0.6 is 0 Å². The zero-order chi connectivity index (χ0) is 33.7. The quantitative estimate of drug-likeness (QED) is 0.169. The average Bonchev–Trinajstić information content (AvgIpc) is 3.74. The highest BCUT2D eigenvalue weighted by molar-refractivity contribution is 5.87. The van der Waals surface area contributed by atoms with E-state index in [1.165, 1.54) is 0 Å². The number of aromatic nitrogens is 1. The van der Waals surface area contributed by atoms with Gasteiger partial charge in [-0.15, -0.1) is 0 Å². The lowest BCUT2D eigenvalue weighted by Gasteiger charge is -2.30. The summed E-state index contributed by atoms with van der Waals surface area (Å²) >= 11 is 0. The number of aliphatic carboxylic acids is 1. The van der Waals surface area contributed by atoms with Gasteiger partial charge in [-0.05, 0) is 49.4 Å². The Morgan fingerprint density at radius 1 is 1.09 bits per heavy atom. The molecule has 1 amide bonds. The van der Waals surface area contributed by atoms with Crippen LogP contribution in [0.15, 0.2) is 42.6 Å². The number of methoxy groups -OCH3 is 1. The van der Waals surface area contributed by atoms with Gasteiger partial charge in [0, 0.05) is 55.1 Å². The molecule has 2 aliphatic rings. The Morgan fingerprint density at radius 3 is 2.55 bits per heavy atom. The first-order valence-electron chi connectivity index (χ1n) is 16.8. The number of rotatable bonds is 16. The Labute approximate surface area is 277 Å². The highest BCUT2D eigenvalue weighted by Gasteiger charge is 2.47. The van der Waals surface area contributed by atoms with Crippen LogP contribution in [0, 0.1) is 5.92 Å². The maximum atomic E-state index is 14.0. The first kappa shape index (κ1) is 34.4. The lowest BCUT2D eigenvalue weighted by Crippen LogP contribution is -2.45. The molecule has 1 fully saturated rings. The number of ether oxygens (including phenoxy) is 3. The Hall–Kier alpha value is -3.96. The summed E-state index contributed by atoms with van der Waals surface area (Å²) in [5, 5.41) is 23.4. The first-order chi connectivity index (χ1) is 22.5. The summed E-state index contributed by atoms with van der Waals surface area (Å²) in [6.45, 7) is 5.53. The second kappa shape index (κ2) is 14.9. The van der Waals surface area contributed by atoms with Crippen LogP contribution in [0.3, 0.4) is 0 Å². The van der Waals surface area contributed by atoms with Crippen LogP contribution in [0.5, 0.6) is 23.1 Å². The van der Waals surface area contributed by atoms with Crippen LogP contribution in [0.2, 0.25) is 0 Å². The molecular weight excluding hydrogens is 600 g/mol. The molecule has 0 aliphatic carbocycles. The summed E-state index contributed by atoms with van der Waals surface area (Å²) in [6.07, 6.45) is 6.19. The molecule has 47 heavy (non-hydrogen) atoms. The van der Waals surface area contributed by atoms with Gasteiger partial charge in [0.05, 0.1) is 47.3 Å². The van der Waals surface area contributed by atoms with E-state index in [-0.39, 0.29) is 25.1 Å². The minimum absolute atomic E-state index is 0.0244. The molecule has 3 atom stereocenters. The van der Waals surface area contributed by atoms with E-state index in [2.05, 4.69) is 28.1 Å². The lowest BCUT2D eigenvalue weighted by molar-refractivity contribution is -0.870. The molecule has 1 aromatic heterocycles. The molecule has 5 rings (SSSR count). The van der Waals surface area contributed by atoms with Gasteiger partial charge >= 0.3 is 5.97 Å². The van der Waals surface area contributed by atoms with E-state index in [4.69, 9.17) is 14.2 Å². The zero-order valence-electron chi connectivity index (χ0n) is 28.5. The SMILES string of the molecule is CCCCN(CCCC[N+](C)(C)C)C(=O)CN1C[C@H](c2cc(OC)c3c(c2)OCO3)[C@@H](C(=O)O)[C@@H]1CCn1cc2ccccc2c1O. The van der Waals surface area contributed by atoms with Crippen molar-refractivity contribution >= 4 is 22.6 Å². The highest BCUT2D eigenvalue weighted by atomic mass is 16.7. The van der Waals surface area contributed by atoms with Gasteiger partial charge in [-0.3, -0.25) is 14.5 Å². The summed E-state index contributed by atoms with van der Waals surface area (Å²) in [5.74, 6) is -0.422. The summed E-state index contributed by atoms with van der Waals surface area (Å²) < 4.78 is 19.5. The molecule has 2 aromatic carbocycles. The molecule has 256 valence electrons. The number of benzene rings is 2. The van der Waals surface area contributed by atoms with Crippen molar-refractivity contribution in [1.82, 2.24) is 14.4 Å². The molecule has 2 aliphatic heterocycles. The van der Waals surface area contributed by atoms with Crippen molar-refractivity contribution in [1.29, 1.82) is 0 Å². The predicted molar refractivity (Wildman–Crippen MR) is 180 cm³/mol. The molecule has 1 saturated heterocycles. The van der Waals surface area contributed by atoms with E-state index in [1.807, 2.05) is 52.4 Å². The molecule has 0 spiro atoms. The number of carbonyl (C=O) groups is 2. The minimum Gasteiger partial charge on any atom is -0.494 e.